The number of aromatic amines is 1. The molecule has 0 radical (unpaired) electrons. The number of fused-ring (bicyclic) bond motifs is 1. The Morgan fingerprint density at radius 2 is 2.05 bits per heavy atom. The number of anilines is 1. The number of methoxy groups -OCH3 is 1. The monoisotopic (exact) mass is 273 g/mol. The number of nitrogens with zero attached hydrogens (tertiary/aromatic N) is 1. The Hall–Kier alpha value is -2.34. The van der Waals surface area contributed by atoms with Gasteiger partial charge in [-0.2, -0.15) is 4.98 Å². The summed E-state index contributed by atoms with van der Waals surface area (Å²) in [6.45, 7) is 0. The molecule has 0 amide bonds. The number of benzene rings is 1. The number of hydrogen-bond acceptors (Lipinski definition) is 5. The van der Waals surface area contributed by atoms with Crippen LogP contribution in [-0.4, -0.2) is 17.1 Å². The van der Waals surface area contributed by atoms with Crippen molar-refractivity contribution in [2.75, 3.05) is 12.8 Å². The minimum atomic E-state index is -0.307. The first-order valence-electron chi connectivity index (χ1n) is 5.60. The van der Waals surface area contributed by atoms with Gasteiger partial charge in [-0.05, 0) is 17.7 Å². The van der Waals surface area contributed by atoms with Gasteiger partial charge in [0.25, 0.3) is 5.56 Å². The summed E-state index contributed by atoms with van der Waals surface area (Å²) >= 11 is 1.44. The summed E-state index contributed by atoms with van der Waals surface area (Å²) in [7, 11) is 1.62. The minimum Gasteiger partial charge on any atom is -0.497 e. The first-order chi connectivity index (χ1) is 9.19. The average molecular weight is 273 g/mol. The van der Waals surface area contributed by atoms with Gasteiger partial charge in [-0.15, -0.1) is 11.3 Å². The van der Waals surface area contributed by atoms with Crippen LogP contribution < -0.4 is 16.0 Å². The van der Waals surface area contributed by atoms with E-state index in [0.717, 1.165) is 21.7 Å². The van der Waals surface area contributed by atoms with Crippen molar-refractivity contribution < 1.29 is 4.74 Å². The number of nitrogens with two attached hydrogens (primary N) is 1. The molecule has 5 nitrogen and oxygen atoms in total. The number of aromatic nitrogens is 2. The number of nitrogens with one attached hydrogen (secondary N) is 1. The zero-order chi connectivity index (χ0) is 13.4. The molecule has 0 aliphatic rings. The van der Waals surface area contributed by atoms with Gasteiger partial charge in [-0.25, -0.2) is 0 Å². The first-order valence-corrected chi connectivity index (χ1v) is 6.48. The standard InChI is InChI=1S/C13H11N3O2S/c1-18-8-4-2-7(3-5-8)9-6-19-12-10(9)11(17)15-13(14)16-12/h2-6H,1H3,(H3,14,15,16,17). The Balaban J connectivity index is 2.22. The molecule has 3 N–H and O–H groups in total. The molecule has 2 aromatic heterocycles. The van der Waals surface area contributed by atoms with Crippen LogP contribution in [0.2, 0.25) is 0 Å². The van der Waals surface area contributed by atoms with Gasteiger partial charge in [0.1, 0.15) is 10.6 Å². The van der Waals surface area contributed by atoms with Crippen molar-refractivity contribution in [2.24, 2.45) is 0 Å². The highest BCUT2D eigenvalue weighted by molar-refractivity contribution is 7.17. The van der Waals surface area contributed by atoms with E-state index < -0.39 is 0 Å². The number of H-pyrrole nitrogens is 1. The lowest BCUT2D eigenvalue weighted by Crippen LogP contribution is -2.10. The predicted octanol–water partition coefficient (Wildman–Crippen LogP) is 2.24. The molecule has 0 fully saturated rings. The molecule has 0 aliphatic heterocycles. The van der Waals surface area contributed by atoms with Gasteiger partial charge in [0.15, 0.2) is 0 Å². The van der Waals surface area contributed by atoms with Gasteiger partial charge in [0, 0.05) is 10.9 Å². The fraction of sp³-hybridized carbons (Fsp3) is 0.0769. The fourth-order valence-electron chi connectivity index (χ4n) is 1.95. The van der Waals surface area contributed by atoms with Crippen molar-refractivity contribution in [1.82, 2.24) is 9.97 Å². The van der Waals surface area contributed by atoms with Crippen LogP contribution in [0, 0.1) is 0 Å². The van der Waals surface area contributed by atoms with Gasteiger partial charge in [-0.3, -0.25) is 4.79 Å². The van der Waals surface area contributed by atoms with Crippen LogP contribution in [0.3, 0.4) is 0 Å². The maximum atomic E-state index is 11.9. The zero-order valence-corrected chi connectivity index (χ0v) is 11.0. The fourth-order valence-corrected chi connectivity index (χ4v) is 2.92. The third-order valence-electron chi connectivity index (χ3n) is 2.87. The largest absolute Gasteiger partial charge is 0.497 e. The van der Waals surface area contributed by atoms with Crippen molar-refractivity contribution in [3.63, 3.8) is 0 Å². The zero-order valence-electron chi connectivity index (χ0n) is 10.1. The second-order valence-electron chi connectivity index (χ2n) is 4.01. The number of hydrogen-bond donors (Lipinski definition) is 2. The van der Waals surface area contributed by atoms with E-state index in [-0.39, 0.29) is 11.5 Å². The Kier molecular flexibility index (Phi) is 2.72. The van der Waals surface area contributed by atoms with Gasteiger partial charge >= 0.3 is 0 Å². The molecule has 6 heteroatoms. The highest BCUT2D eigenvalue weighted by Crippen LogP contribution is 2.31. The molecule has 0 spiro atoms. The third kappa shape index (κ3) is 1.96. The molecule has 0 saturated heterocycles. The quantitative estimate of drug-likeness (QED) is 0.750. The molecule has 0 saturated carbocycles. The third-order valence-corrected chi connectivity index (χ3v) is 3.76. The summed E-state index contributed by atoms with van der Waals surface area (Å²) in [5.41, 5.74) is 7.03. The lowest BCUT2D eigenvalue weighted by Gasteiger charge is -2.02. The molecule has 1 aromatic carbocycles. The maximum absolute atomic E-state index is 11.9. The number of nitrogen functional groups attached to an aromatic ring is 1. The van der Waals surface area contributed by atoms with Crippen molar-refractivity contribution in [3.05, 3.63) is 40.0 Å². The molecule has 19 heavy (non-hydrogen) atoms. The molecule has 0 atom stereocenters. The van der Waals surface area contributed by atoms with E-state index in [4.69, 9.17) is 10.5 Å². The van der Waals surface area contributed by atoms with Crippen LogP contribution in [0.5, 0.6) is 5.75 Å². The highest BCUT2D eigenvalue weighted by Gasteiger charge is 2.11. The van der Waals surface area contributed by atoms with Gasteiger partial charge in [-0.1, -0.05) is 12.1 Å². The second kappa shape index (κ2) is 4.40. The number of thiophene rings is 1. The van der Waals surface area contributed by atoms with Crippen LogP contribution in [0.1, 0.15) is 0 Å². The number of ether oxygens (including phenoxy) is 1. The van der Waals surface area contributed by atoms with Gasteiger partial charge in [0.2, 0.25) is 5.95 Å². The van der Waals surface area contributed by atoms with Crippen LogP contribution in [0.15, 0.2) is 34.4 Å². The summed E-state index contributed by atoms with van der Waals surface area (Å²) in [6, 6.07) is 7.54. The first kappa shape index (κ1) is 11.7. The van der Waals surface area contributed by atoms with E-state index in [9.17, 15) is 4.79 Å². The molecule has 0 unspecified atom stereocenters. The molecule has 0 aliphatic carbocycles. The van der Waals surface area contributed by atoms with Gasteiger partial charge in [0.05, 0.1) is 12.5 Å². The Morgan fingerprint density at radius 1 is 1.32 bits per heavy atom. The van der Waals surface area contributed by atoms with E-state index in [0.29, 0.717) is 5.39 Å². The van der Waals surface area contributed by atoms with Crippen molar-refractivity contribution in [3.8, 4) is 16.9 Å². The van der Waals surface area contributed by atoms with Crippen molar-refractivity contribution in [2.45, 2.75) is 0 Å². The van der Waals surface area contributed by atoms with Crippen LogP contribution in [0.4, 0.5) is 5.95 Å². The Bertz CT molecular complexity index is 790. The van der Waals surface area contributed by atoms with Gasteiger partial charge < -0.3 is 15.5 Å². The van der Waals surface area contributed by atoms with E-state index in [1.165, 1.54) is 11.3 Å². The predicted molar refractivity (Wildman–Crippen MR) is 76.6 cm³/mol. The van der Waals surface area contributed by atoms with Crippen LogP contribution in [0.25, 0.3) is 21.3 Å². The molecule has 3 aromatic rings. The van der Waals surface area contributed by atoms with E-state index >= 15 is 0 Å². The minimum absolute atomic E-state index is 0.139. The summed E-state index contributed by atoms with van der Waals surface area (Å²) in [5, 5.41) is 2.50. The SMILES string of the molecule is COc1ccc(-c2csc3[nH]c(N)nc(=O)c23)cc1. The molecule has 96 valence electrons. The summed E-state index contributed by atoms with van der Waals surface area (Å²) in [5.74, 6) is 0.917. The lowest BCUT2D eigenvalue weighted by molar-refractivity contribution is 0.415. The molecular formula is C13H11N3O2S. The average Bonchev–Trinajstić information content (AvgIpc) is 2.83. The Labute approximate surface area is 112 Å². The topological polar surface area (TPSA) is 81.0 Å². The van der Waals surface area contributed by atoms with E-state index in [1.54, 1.807) is 7.11 Å². The number of rotatable bonds is 2. The summed E-state index contributed by atoms with van der Waals surface area (Å²) in [4.78, 5) is 19.3. The second-order valence-corrected chi connectivity index (χ2v) is 4.89. The summed E-state index contributed by atoms with van der Waals surface area (Å²) < 4.78 is 5.12. The molecule has 0 bridgehead atoms. The van der Waals surface area contributed by atoms with E-state index in [2.05, 4.69) is 9.97 Å². The molecular weight excluding hydrogens is 262 g/mol. The molecule has 2 heterocycles. The molecule has 3 rings (SSSR count). The van der Waals surface area contributed by atoms with Crippen molar-refractivity contribution in [1.29, 1.82) is 0 Å². The smallest absolute Gasteiger partial charge is 0.283 e. The van der Waals surface area contributed by atoms with Crippen LogP contribution in [-0.2, 0) is 0 Å². The normalized spacial score (nSPS) is 10.8. The van der Waals surface area contributed by atoms with Crippen molar-refractivity contribution >= 4 is 27.5 Å². The highest BCUT2D eigenvalue weighted by atomic mass is 32.1. The maximum Gasteiger partial charge on any atom is 0.283 e. The summed E-state index contributed by atoms with van der Waals surface area (Å²) in [6.07, 6.45) is 0. The van der Waals surface area contributed by atoms with E-state index in [1.807, 2.05) is 29.6 Å². The Morgan fingerprint density at radius 3 is 2.74 bits per heavy atom. The lowest BCUT2D eigenvalue weighted by atomic mass is 10.1. The van der Waals surface area contributed by atoms with Crippen LogP contribution >= 0.6 is 11.3 Å².